The molecule has 0 unspecified atom stereocenters. The van der Waals surface area contributed by atoms with Crippen LogP contribution in [-0.2, 0) is 14.3 Å². The quantitative estimate of drug-likeness (QED) is 0.742. The van der Waals surface area contributed by atoms with E-state index >= 15 is 0 Å². The molecule has 2 N–H and O–H groups in total. The minimum atomic E-state index is -1.02. The summed E-state index contributed by atoms with van der Waals surface area (Å²) in [5.41, 5.74) is 1.33. The molecule has 29 heavy (non-hydrogen) atoms. The predicted octanol–water partition coefficient (Wildman–Crippen LogP) is 2.69. The van der Waals surface area contributed by atoms with Gasteiger partial charge in [0.15, 0.2) is 17.6 Å². The molecule has 0 radical (unpaired) electrons. The molecule has 0 bridgehead atoms. The zero-order valence-corrected chi connectivity index (χ0v) is 16.3. The maximum absolute atomic E-state index is 12.4. The van der Waals surface area contributed by atoms with Gasteiger partial charge in [-0.05, 0) is 37.3 Å². The van der Waals surface area contributed by atoms with Crippen LogP contribution in [0.5, 0.6) is 11.5 Å². The molecule has 8 nitrogen and oxygen atoms in total. The van der Waals surface area contributed by atoms with E-state index in [0.29, 0.717) is 41.8 Å². The minimum Gasteiger partial charge on any atom is -0.486 e. The number of ether oxygens (including phenoxy) is 3. The topological polar surface area (TPSA) is 103 Å². The maximum Gasteiger partial charge on any atom is 0.338 e. The Morgan fingerprint density at radius 1 is 1.14 bits per heavy atom. The molecule has 0 spiro atoms. The third-order valence-corrected chi connectivity index (χ3v) is 5.38. The summed E-state index contributed by atoms with van der Waals surface area (Å²) in [6, 6.07) is 9.95. The van der Waals surface area contributed by atoms with E-state index in [9.17, 15) is 14.4 Å². The zero-order valence-electron chi connectivity index (χ0n) is 15.5. The molecule has 0 saturated heterocycles. The fraction of sp³-hybridized carbons (Fsp3) is 0.250. The number of anilines is 2. The number of nitrogens with one attached hydrogen (secondary N) is 2. The Morgan fingerprint density at radius 3 is 2.76 bits per heavy atom. The summed E-state index contributed by atoms with van der Waals surface area (Å²) in [6.45, 7) is 2.41. The fourth-order valence-electron chi connectivity index (χ4n) is 2.86. The van der Waals surface area contributed by atoms with Crippen molar-refractivity contribution in [2.24, 2.45) is 0 Å². The third-order valence-electron chi connectivity index (χ3n) is 4.31. The van der Waals surface area contributed by atoms with Crippen LogP contribution in [0.15, 0.2) is 41.3 Å². The first-order valence-electron chi connectivity index (χ1n) is 8.98. The monoisotopic (exact) mass is 414 g/mol. The molecule has 1 atom stereocenters. The number of benzene rings is 2. The van der Waals surface area contributed by atoms with Crippen molar-refractivity contribution in [1.29, 1.82) is 0 Å². The molecule has 2 heterocycles. The molecule has 2 aromatic carbocycles. The van der Waals surface area contributed by atoms with Gasteiger partial charge < -0.3 is 24.8 Å². The van der Waals surface area contributed by atoms with E-state index in [-0.39, 0.29) is 11.5 Å². The van der Waals surface area contributed by atoms with Crippen molar-refractivity contribution < 1.29 is 28.6 Å². The van der Waals surface area contributed by atoms with Crippen LogP contribution in [0.3, 0.4) is 0 Å². The number of hydrogen-bond donors (Lipinski definition) is 2. The summed E-state index contributed by atoms with van der Waals surface area (Å²) in [5, 5.41) is 5.41. The Morgan fingerprint density at radius 2 is 1.93 bits per heavy atom. The lowest BCUT2D eigenvalue weighted by Gasteiger charge is -2.20. The van der Waals surface area contributed by atoms with Gasteiger partial charge in [-0.25, -0.2) is 4.79 Å². The van der Waals surface area contributed by atoms with E-state index in [0.717, 1.165) is 4.90 Å². The van der Waals surface area contributed by atoms with Crippen LogP contribution in [0, 0.1) is 0 Å². The molecular weight excluding hydrogens is 396 g/mol. The lowest BCUT2D eigenvalue weighted by atomic mass is 10.2. The number of rotatable bonds is 4. The average Bonchev–Trinajstić information content (AvgIpc) is 2.73. The first kappa shape index (κ1) is 19.1. The molecule has 9 heteroatoms. The van der Waals surface area contributed by atoms with E-state index in [1.54, 1.807) is 36.4 Å². The van der Waals surface area contributed by atoms with Gasteiger partial charge in [-0.15, -0.1) is 11.8 Å². The number of carbonyl (C=O) groups excluding carboxylic acids is 3. The van der Waals surface area contributed by atoms with Crippen LogP contribution in [0.25, 0.3) is 0 Å². The summed E-state index contributed by atoms with van der Waals surface area (Å²) in [5.74, 6) is 0.256. The lowest BCUT2D eigenvalue weighted by Crippen LogP contribution is -2.30. The second kappa shape index (κ2) is 8.04. The standard InChI is InChI=1S/C20H18N2O6S/c1-11(19(24)21-13-3-4-15-16(9-13)27-7-6-26-15)28-20(25)12-2-5-17-14(8-12)22-18(23)10-29-17/h2-5,8-9,11H,6-7,10H2,1H3,(H,21,24)(H,22,23)/t11-/m0/s1. The van der Waals surface area contributed by atoms with Crippen molar-refractivity contribution in [1.82, 2.24) is 0 Å². The van der Waals surface area contributed by atoms with Gasteiger partial charge in [0, 0.05) is 16.6 Å². The van der Waals surface area contributed by atoms with E-state index in [4.69, 9.17) is 14.2 Å². The van der Waals surface area contributed by atoms with Crippen molar-refractivity contribution in [2.45, 2.75) is 17.9 Å². The molecule has 2 aliphatic heterocycles. The summed E-state index contributed by atoms with van der Waals surface area (Å²) in [4.78, 5) is 37.2. The molecule has 0 aromatic heterocycles. The van der Waals surface area contributed by atoms with Crippen LogP contribution in [-0.4, -0.2) is 42.9 Å². The van der Waals surface area contributed by atoms with E-state index in [2.05, 4.69) is 10.6 Å². The maximum atomic E-state index is 12.4. The predicted molar refractivity (Wildman–Crippen MR) is 107 cm³/mol. The number of esters is 1. The van der Waals surface area contributed by atoms with Gasteiger partial charge in [0.25, 0.3) is 5.91 Å². The minimum absolute atomic E-state index is 0.125. The van der Waals surface area contributed by atoms with Crippen molar-refractivity contribution >= 4 is 40.9 Å². The van der Waals surface area contributed by atoms with Crippen LogP contribution in [0.1, 0.15) is 17.3 Å². The molecule has 2 aliphatic rings. The van der Waals surface area contributed by atoms with Crippen molar-refractivity contribution in [2.75, 3.05) is 29.6 Å². The number of amides is 2. The Bertz CT molecular complexity index is 993. The van der Waals surface area contributed by atoms with E-state index in [1.807, 2.05) is 0 Å². The van der Waals surface area contributed by atoms with Gasteiger partial charge in [-0.3, -0.25) is 9.59 Å². The SMILES string of the molecule is C[C@H](OC(=O)c1ccc2c(c1)NC(=O)CS2)C(=O)Nc1ccc2c(c1)OCCO2. The van der Waals surface area contributed by atoms with E-state index in [1.165, 1.54) is 18.7 Å². The Balaban J connectivity index is 1.39. The average molecular weight is 414 g/mol. The molecule has 150 valence electrons. The summed E-state index contributed by atoms with van der Waals surface area (Å²) in [6.07, 6.45) is -1.02. The van der Waals surface area contributed by atoms with E-state index < -0.39 is 18.0 Å². The molecule has 4 rings (SSSR count). The van der Waals surface area contributed by atoms with Crippen molar-refractivity contribution in [3.05, 3.63) is 42.0 Å². The number of thioether (sulfide) groups is 1. The van der Waals surface area contributed by atoms with Gasteiger partial charge >= 0.3 is 5.97 Å². The molecule has 2 amide bonds. The first-order valence-corrected chi connectivity index (χ1v) is 9.96. The molecule has 0 fully saturated rings. The largest absolute Gasteiger partial charge is 0.486 e. The van der Waals surface area contributed by atoms with Gasteiger partial charge in [-0.2, -0.15) is 0 Å². The Labute approximate surface area is 170 Å². The number of fused-ring (bicyclic) bond motifs is 2. The van der Waals surface area contributed by atoms with Gasteiger partial charge in [0.2, 0.25) is 5.91 Å². The Kier molecular flexibility index (Phi) is 5.30. The van der Waals surface area contributed by atoms with Crippen LogP contribution in [0.4, 0.5) is 11.4 Å². The van der Waals surface area contributed by atoms with Crippen molar-refractivity contribution in [3.63, 3.8) is 0 Å². The highest BCUT2D eigenvalue weighted by Crippen LogP contribution is 2.33. The normalized spacial score (nSPS) is 15.6. The van der Waals surface area contributed by atoms with Gasteiger partial charge in [0.1, 0.15) is 13.2 Å². The fourth-order valence-corrected chi connectivity index (χ4v) is 3.65. The van der Waals surface area contributed by atoms with Crippen LogP contribution >= 0.6 is 11.8 Å². The summed E-state index contributed by atoms with van der Waals surface area (Å²) >= 11 is 1.40. The zero-order chi connectivity index (χ0) is 20.4. The molecular formula is C20H18N2O6S. The number of hydrogen-bond acceptors (Lipinski definition) is 7. The van der Waals surface area contributed by atoms with Crippen LogP contribution in [0.2, 0.25) is 0 Å². The second-order valence-electron chi connectivity index (χ2n) is 6.44. The van der Waals surface area contributed by atoms with Crippen LogP contribution < -0.4 is 20.1 Å². The second-order valence-corrected chi connectivity index (χ2v) is 7.46. The summed E-state index contributed by atoms with van der Waals surface area (Å²) < 4.78 is 16.2. The first-order chi connectivity index (χ1) is 14.0. The number of carbonyl (C=O) groups is 3. The highest BCUT2D eigenvalue weighted by Gasteiger charge is 2.22. The third kappa shape index (κ3) is 4.29. The molecule has 2 aromatic rings. The highest BCUT2D eigenvalue weighted by molar-refractivity contribution is 8.00. The summed E-state index contributed by atoms with van der Waals surface area (Å²) in [7, 11) is 0. The smallest absolute Gasteiger partial charge is 0.338 e. The lowest BCUT2D eigenvalue weighted by molar-refractivity contribution is -0.123. The Hall–Kier alpha value is -3.20. The molecule has 0 saturated carbocycles. The highest BCUT2D eigenvalue weighted by atomic mass is 32.2. The molecule has 0 aliphatic carbocycles. The van der Waals surface area contributed by atoms with Gasteiger partial charge in [0.05, 0.1) is 17.0 Å². The van der Waals surface area contributed by atoms with Gasteiger partial charge in [-0.1, -0.05) is 0 Å². The van der Waals surface area contributed by atoms with Crippen molar-refractivity contribution in [3.8, 4) is 11.5 Å².